The van der Waals surface area contributed by atoms with Crippen molar-refractivity contribution < 1.29 is 9.59 Å². The van der Waals surface area contributed by atoms with Crippen LogP contribution in [0.5, 0.6) is 0 Å². The van der Waals surface area contributed by atoms with Crippen LogP contribution < -0.4 is 10.6 Å². The fraction of sp³-hybridized carbons (Fsp3) is 0.556. The Balaban J connectivity index is 3.00. The first-order chi connectivity index (χ1) is 10.2. The molecule has 0 aliphatic heterocycles. The van der Waals surface area contributed by atoms with E-state index in [0.717, 1.165) is 5.56 Å². The molecule has 4 heteroatoms. The Bertz CT molecular complexity index is 509. The van der Waals surface area contributed by atoms with Crippen molar-refractivity contribution in [1.82, 2.24) is 10.6 Å². The average molecular weight is 304 g/mol. The van der Waals surface area contributed by atoms with Crippen molar-refractivity contribution in [3.63, 3.8) is 0 Å². The van der Waals surface area contributed by atoms with E-state index < -0.39 is 17.5 Å². The van der Waals surface area contributed by atoms with Gasteiger partial charge in [0.1, 0.15) is 0 Å². The standard InChI is InChI=1S/C18H28N2O2/c1-12(2)15(13(3)21)20-17(22)16(19-6)18(4,5)14-10-8-7-9-11-14/h7-12,15-16,19H,1-6H3,(H,20,22)/t15-,16+/m0/s1. The number of carbonyl (C=O) groups excluding carboxylic acids is 2. The third-order valence-corrected chi connectivity index (χ3v) is 4.19. The van der Waals surface area contributed by atoms with Crippen LogP contribution in [0.3, 0.4) is 0 Å². The monoisotopic (exact) mass is 304 g/mol. The van der Waals surface area contributed by atoms with Crippen LogP contribution in [-0.2, 0) is 15.0 Å². The van der Waals surface area contributed by atoms with Crippen molar-refractivity contribution in [1.29, 1.82) is 0 Å². The number of amides is 1. The van der Waals surface area contributed by atoms with Gasteiger partial charge >= 0.3 is 0 Å². The smallest absolute Gasteiger partial charge is 0.238 e. The summed E-state index contributed by atoms with van der Waals surface area (Å²) in [5, 5.41) is 5.99. The lowest BCUT2D eigenvalue weighted by atomic mass is 9.77. The van der Waals surface area contributed by atoms with Gasteiger partial charge in [-0.25, -0.2) is 0 Å². The Morgan fingerprint density at radius 1 is 1.09 bits per heavy atom. The number of Topliss-reactive ketones (excluding diaryl/α,β-unsaturated/α-hetero) is 1. The zero-order valence-electron chi connectivity index (χ0n) is 14.4. The summed E-state index contributed by atoms with van der Waals surface area (Å²) in [5.74, 6) is -0.0974. The Kier molecular flexibility index (Phi) is 6.30. The van der Waals surface area contributed by atoms with Crippen LogP contribution >= 0.6 is 0 Å². The van der Waals surface area contributed by atoms with Gasteiger partial charge in [0, 0.05) is 5.41 Å². The number of nitrogens with one attached hydrogen (secondary N) is 2. The molecule has 0 spiro atoms. The van der Waals surface area contributed by atoms with Gasteiger partial charge in [0.2, 0.25) is 5.91 Å². The molecule has 0 radical (unpaired) electrons. The topological polar surface area (TPSA) is 58.2 Å². The van der Waals surface area contributed by atoms with Crippen molar-refractivity contribution in [3.8, 4) is 0 Å². The molecule has 0 unspecified atom stereocenters. The molecule has 22 heavy (non-hydrogen) atoms. The minimum atomic E-state index is -0.449. The number of hydrogen-bond donors (Lipinski definition) is 2. The summed E-state index contributed by atoms with van der Waals surface area (Å²) in [6.07, 6.45) is 0. The van der Waals surface area contributed by atoms with Crippen LogP contribution in [0.15, 0.2) is 30.3 Å². The highest BCUT2D eigenvalue weighted by atomic mass is 16.2. The molecular formula is C18H28N2O2. The molecule has 0 aromatic heterocycles. The first kappa shape index (κ1) is 18.4. The fourth-order valence-corrected chi connectivity index (χ4v) is 2.83. The molecule has 4 nitrogen and oxygen atoms in total. The van der Waals surface area contributed by atoms with Gasteiger partial charge in [-0.15, -0.1) is 0 Å². The summed E-state index contributed by atoms with van der Waals surface area (Å²) in [7, 11) is 1.77. The van der Waals surface area contributed by atoms with Crippen molar-refractivity contribution in [2.45, 2.75) is 52.1 Å². The second-order valence-corrected chi connectivity index (χ2v) is 6.65. The van der Waals surface area contributed by atoms with E-state index in [1.807, 2.05) is 58.0 Å². The number of ketones is 1. The van der Waals surface area contributed by atoms with Crippen molar-refractivity contribution in [3.05, 3.63) is 35.9 Å². The van der Waals surface area contributed by atoms with Gasteiger partial charge in [0.15, 0.2) is 5.78 Å². The van der Waals surface area contributed by atoms with Gasteiger partial charge in [-0.1, -0.05) is 58.0 Å². The number of carbonyl (C=O) groups is 2. The van der Waals surface area contributed by atoms with E-state index in [1.165, 1.54) is 6.92 Å². The predicted molar refractivity (Wildman–Crippen MR) is 89.8 cm³/mol. The number of likely N-dealkylation sites (N-methyl/N-ethyl adjacent to an activating group) is 1. The molecule has 2 N–H and O–H groups in total. The van der Waals surface area contributed by atoms with Gasteiger partial charge in [-0.3, -0.25) is 9.59 Å². The summed E-state index contributed by atoms with van der Waals surface area (Å²) >= 11 is 0. The number of benzene rings is 1. The highest BCUT2D eigenvalue weighted by Crippen LogP contribution is 2.27. The second kappa shape index (κ2) is 7.54. The summed E-state index contributed by atoms with van der Waals surface area (Å²) in [6, 6.07) is 9.05. The summed E-state index contributed by atoms with van der Waals surface area (Å²) in [5.41, 5.74) is 0.687. The summed E-state index contributed by atoms with van der Waals surface area (Å²) in [4.78, 5) is 24.4. The fourth-order valence-electron chi connectivity index (χ4n) is 2.83. The van der Waals surface area contributed by atoms with Crippen LogP contribution in [0.2, 0.25) is 0 Å². The lowest BCUT2D eigenvalue weighted by Gasteiger charge is -2.35. The lowest BCUT2D eigenvalue weighted by Crippen LogP contribution is -2.57. The third kappa shape index (κ3) is 4.17. The molecule has 0 heterocycles. The van der Waals surface area contributed by atoms with E-state index in [-0.39, 0.29) is 17.6 Å². The summed E-state index contributed by atoms with van der Waals surface area (Å²) < 4.78 is 0. The van der Waals surface area contributed by atoms with Crippen molar-refractivity contribution >= 4 is 11.7 Å². The van der Waals surface area contributed by atoms with Crippen LogP contribution in [0, 0.1) is 5.92 Å². The van der Waals surface area contributed by atoms with E-state index in [9.17, 15) is 9.59 Å². The van der Waals surface area contributed by atoms with Crippen LogP contribution in [0.25, 0.3) is 0 Å². The molecular weight excluding hydrogens is 276 g/mol. The first-order valence-electron chi connectivity index (χ1n) is 7.75. The Hall–Kier alpha value is -1.68. The van der Waals surface area contributed by atoms with E-state index in [4.69, 9.17) is 0 Å². The minimum Gasteiger partial charge on any atom is -0.345 e. The van der Waals surface area contributed by atoms with Crippen LogP contribution in [0.1, 0.15) is 40.2 Å². The molecule has 1 rings (SSSR count). The van der Waals surface area contributed by atoms with Gasteiger partial charge in [0.25, 0.3) is 0 Å². The largest absolute Gasteiger partial charge is 0.345 e. The van der Waals surface area contributed by atoms with E-state index in [1.54, 1.807) is 7.05 Å². The summed E-state index contributed by atoms with van der Waals surface area (Å²) in [6.45, 7) is 9.44. The Morgan fingerprint density at radius 2 is 1.64 bits per heavy atom. The highest BCUT2D eigenvalue weighted by Gasteiger charge is 2.37. The molecule has 2 atom stereocenters. The molecule has 0 aliphatic rings. The van der Waals surface area contributed by atoms with E-state index >= 15 is 0 Å². The van der Waals surface area contributed by atoms with Crippen LogP contribution in [-0.4, -0.2) is 30.8 Å². The SMILES string of the molecule is CN[C@H](C(=O)N[C@H](C(C)=O)C(C)C)C(C)(C)c1ccccc1. The van der Waals surface area contributed by atoms with Crippen molar-refractivity contribution in [2.75, 3.05) is 7.05 Å². The number of rotatable bonds is 7. The Morgan fingerprint density at radius 3 is 2.05 bits per heavy atom. The third-order valence-electron chi connectivity index (χ3n) is 4.19. The van der Waals surface area contributed by atoms with Crippen molar-refractivity contribution in [2.24, 2.45) is 5.92 Å². The molecule has 0 aliphatic carbocycles. The molecule has 122 valence electrons. The molecule has 0 bridgehead atoms. The minimum absolute atomic E-state index is 0.0179. The maximum atomic E-state index is 12.7. The van der Waals surface area contributed by atoms with Crippen LogP contribution in [0.4, 0.5) is 0 Å². The average Bonchev–Trinajstić information content (AvgIpc) is 2.45. The number of hydrogen-bond acceptors (Lipinski definition) is 3. The normalized spacial score (nSPS) is 14.5. The highest BCUT2D eigenvalue weighted by molar-refractivity contribution is 5.90. The second-order valence-electron chi connectivity index (χ2n) is 6.65. The van der Waals surface area contributed by atoms with E-state index in [2.05, 4.69) is 10.6 Å². The quantitative estimate of drug-likeness (QED) is 0.812. The molecule has 1 aromatic rings. The van der Waals surface area contributed by atoms with Gasteiger partial charge in [-0.05, 0) is 25.5 Å². The Labute approximate surface area is 133 Å². The van der Waals surface area contributed by atoms with Gasteiger partial charge < -0.3 is 10.6 Å². The molecule has 0 saturated carbocycles. The van der Waals surface area contributed by atoms with Gasteiger partial charge in [-0.2, -0.15) is 0 Å². The molecule has 1 aromatic carbocycles. The maximum absolute atomic E-state index is 12.7. The predicted octanol–water partition coefficient (Wildman–Crippen LogP) is 2.28. The first-order valence-corrected chi connectivity index (χ1v) is 7.75. The lowest BCUT2D eigenvalue weighted by molar-refractivity contribution is -0.130. The van der Waals surface area contributed by atoms with E-state index in [0.29, 0.717) is 0 Å². The zero-order chi connectivity index (χ0) is 16.9. The maximum Gasteiger partial charge on any atom is 0.238 e. The molecule has 0 fully saturated rings. The molecule has 1 amide bonds. The zero-order valence-corrected chi connectivity index (χ0v) is 14.4. The molecule has 0 saturated heterocycles. The van der Waals surface area contributed by atoms with Gasteiger partial charge in [0.05, 0.1) is 12.1 Å².